The van der Waals surface area contributed by atoms with Crippen molar-refractivity contribution in [1.29, 1.82) is 0 Å². The summed E-state index contributed by atoms with van der Waals surface area (Å²) in [5.74, 6) is -0.190. The molecule has 0 aromatic rings. The Morgan fingerprint density at radius 3 is 2.88 bits per heavy atom. The van der Waals surface area contributed by atoms with E-state index in [1.165, 1.54) is 11.8 Å². The Balaban J connectivity index is 2.22. The Morgan fingerprint density at radius 2 is 2.29 bits per heavy atom. The maximum atomic E-state index is 11.5. The molecule has 0 saturated carbocycles. The van der Waals surface area contributed by atoms with Crippen molar-refractivity contribution in [1.82, 2.24) is 4.90 Å². The zero-order valence-corrected chi connectivity index (χ0v) is 11.7. The van der Waals surface area contributed by atoms with E-state index in [1.54, 1.807) is 0 Å². The van der Waals surface area contributed by atoms with E-state index in [1.807, 2.05) is 11.8 Å². The van der Waals surface area contributed by atoms with Crippen LogP contribution in [0.3, 0.4) is 0 Å². The summed E-state index contributed by atoms with van der Waals surface area (Å²) in [7, 11) is -2.93. The summed E-state index contributed by atoms with van der Waals surface area (Å²) in [6.07, 6.45) is 0. The number of hydrogen-bond donors (Lipinski definition) is 0. The average Bonchev–Trinajstić information content (AvgIpc) is 2.68. The number of aliphatic imine (C=N–C) groups is 1. The number of carbonyl (C=O) groups is 1. The van der Waals surface area contributed by atoms with Crippen LogP contribution in [-0.2, 0) is 14.6 Å². The number of carbonyl (C=O) groups excluding carboxylic acids is 1. The van der Waals surface area contributed by atoms with Crippen molar-refractivity contribution in [2.75, 3.05) is 23.9 Å². The molecule has 2 atom stereocenters. The van der Waals surface area contributed by atoms with Crippen molar-refractivity contribution in [2.45, 2.75) is 18.2 Å². The normalized spacial score (nSPS) is 33.1. The molecule has 2 aliphatic rings. The third-order valence-electron chi connectivity index (χ3n) is 2.85. The van der Waals surface area contributed by atoms with Gasteiger partial charge < -0.3 is 4.90 Å². The lowest BCUT2D eigenvalue weighted by molar-refractivity contribution is -0.115. The first-order chi connectivity index (χ1) is 7.96. The van der Waals surface area contributed by atoms with Crippen LogP contribution in [0.5, 0.6) is 0 Å². The summed E-state index contributed by atoms with van der Waals surface area (Å²) in [4.78, 5) is 17.0. The van der Waals surface area contributed by atoms with Crippen molar-refractivity contribution in [2.24, 2.45) is 4.99 Å². The number of amidine groups is 1. The smallest absolute Gasteiger partial charge is 0.262 e. The average molecular weight is 297 g/mol. The van der Waals surface area contributed by atoms with Gasteiger partial charge in [-0.05, 0) is 6.92 Å². The SMILES string of the molecule is CCN1C(=NC(=O)CCl)S[C@@H]2CS(=O)(=O)C[C@H]21. The Kier molecular flexibility index (Phi) is 3.70. The molecular weight excluding hydrogens is 284 g/mol. The number of hydrogen-bond acceptors (Lipinski definition) is 4. The van der Waals surface area contributed by atoms with E-state index in [4.69, 9.17) is 11.6 Å². The van der Waals surface area contributed by atoms with Crippen molar-refractivity contribution < 1.29 is 13.2 Å². The molecule has 0 aromatic carbocycles. The Bertz CT molecular complexity index is 463. The number of halogens is 1. The second-order valence-corrected chi connectivity index (χ2v) is 7.64. The van der Waals surface area contributed by atoms with Gasteiger partial charge in [-0.1, -0.05) is 11.8 Å². The van der Waals surface area contributed by atoms with Gasteiger partial charge in [-0.15, -0.1) is 11.6 Å². The minimum atomic E-state index is -2.93. The molecule has 0 aromatic heterocycles. The highest BCUT2D eigenvalue weighted by molar-refractivity contribution is 8.15. The number of fused-ring (bicyclic) bond motifs is 1. The van der Waals surface area contributed by atoms with Gasteiger partial charge in [0.15, 0.2) is 15.0 Å². The third kappa shape index (κ3) is 2.61. The van der Waals surface area contributed by atoms with Crippen LogP contribution in [0.25, 0.3) is 0 Å². The molecular formula is C9H13ClN2O3S2. The predicted molar refractivity (Wildman–Crippen MR) is 69.4 cm³/mol. The summed E-state index contributed by atoms with van der Waals surface area (Å²) in [6.45, 7) is 2.58. The summed E-state index contributed by atoms with van der Waals surface area (Å²) >= 11 is 6.78. The second kappa shape index (κ2) is 4.78. The van der Waals surface area contributed by atoms with Crippen LogP contribution in [0, 0.1) is 0 Å². The Morgan fingerprint density at radius 1 is 1.59 bits per heavy atom. The van der Waals surface area contributed by atoms with Crippen molar-refractivity contribution in [3.63, 3.8) is 0 Å². The number of alkyl halides is 1. The molecule has 2 aliphatic heterocycles. The van der Waals surface area contributed by atoms with E-state index in [9.17, 15) is 13.2 Å². The molecule has 1 amide bonds. The van der Waals surface area contributed by atoms with E-state index in [2.05, 4.69) is 4.99 Å². The van der Waals surface area contributed by atoms with Crippen LogP contribution in [0.2, 0.25) is 0 Å². The van der Waals surface area contributed by atoms with Gasteiger partial charge in [-0.25, -0.2) is 8.42 Å². The number of sulfone groups is 1. The Hall–Kier alpha value is -0.270. The molecule has 96 valence electrons. The van der Waals surface area contributed by atoms with Crippen LogP contribution in [0.1, 0.15) is 6.92 Å². The molecule has 0 aliphatic carbocycles. The van der Waals surface area contributed by atoms with Gasteiger partial charge in [0.2, 0.25) is 0 Å². The highest BCUT2D eigenvalue weighted by Gasteiger charge is 2.48. The molecule has 0 unspecified atom stereocenters. The van der Waals surface area contributed by atoms with Crippen molar-refractivity contribution in [3.8, 4) is 0 Å². The summed E-state index contributed by atoms with van der Waals surface area (Å²) in [5, 5.41) is 0.616. The topological polar surface area (TPSA) is 66.8 Å². The minimum Gasteiger partial charge on any atom is -0.346 e. The van der Waals surface area contributed by atoms with E-state index >= 15 is 0 Å². The van der Waals surface area contributed by atoms with Gasteiger partial charge >= 0.3 is 0 Å². The maximum Gasteiger partial charge on any atom is 0.262 e. The highest BCUT2D eigenvalue weighted by Crippen LogP contribution is 2.37. The molecule has 2 heterocycles. The largest absolute Gasteiger partial charge is 0.346 e. The molecule has 2 saturated heterocycles. The molecule has 0 N–H and O–H groups in total. The Labute approximate surface area is 110 Å². The van der Waals surface area contributed by atoms with E-state index < -0.39 is 9.84 Å². The fraction of sp³-hybridized carbons (Fsp3) is 0.778. The summed E-state index contributed by atoms with van der Waals surface area (Å²) < 4.78 is 23.0. The summed E-state index contributed by atoms with van der Waals surface area (Å²) in [5.41, 5.74) is 0. The third-order valence-corrected chi connectivity index (χ3v) is 6.33. The highest BCUT2D eigenvalue weighted by atomic mass is 35.5. The molecule has 2 rings (SSSR count). The van der Waals surface area contributed by atoms with Crippen LogP contribution >= 0.6 is 23.4 Å². The van der Waals surface area contributed by atoms with E-state index in [-0.39, 0.29) is 34.6 Å². The molecule has 8 heteroatoms. The van der Waals surface area contributed by atoms with Gasteiger partial charge in [0.25, 0.3) is 5.91 Å². The molecule has 17 heavy (non-hydrogen) atoms. The number of thioether (sulfide) groups is 1. The second-order valence-electron chi connectivity index (χ2n) is 4.01. The lowest BCUT2D eigenvalue weighted by Crippen LogP contribution is -2.37. The zero-order valence-electron chi connectivity index (χ0n) is 9.30. The fourth-order valence-corrected chi connectivity index (χ4v) is 6.23. The quantitative estimate of drug-likeness (QED) is 0.688. The van der Waals surface area contributed by atoms with Gasteiger partial charge in [0.1, 0.15) is 5.88 Å². The van der Waals surface area contributed by atoms with Crippen molar-refractivity contribution >= 4 is 44.3 Å². The molecule has 5 nitrogen and oxygen atoms in total. The molecule has 0 radical (unpaired) electrons. The number of amides is 1. The summed E-state index contributed by atoms with van der Waals surface area (Å²) in [6, 6.07) is -0.0446. The monoisotopic (exact) mass is 296 g/mol. The van der Waals surface area contributed by atoms with Gasteiger partial charge in [0, 0.05) is 11.8 Å². The first-order valence-electron chi connectivity index (χ1n) is 5.28. The first-order valence-corrected chi connectivity index (χ1v) is 8.51. The number of nitrogens with zero attached hydrogens (tertiary/aromatic N) is 2. The van der Waals surface area contributed by atoms with E-state index in [0.29, 0.717) is 11.7 Å². The molecule has 0 spiro atoms. The van der Waals surface area contributed by atoms with Gasteiger partial charge in [0.05, 0.1) is 17.5 Å². The maximum absolute atomic E-state index is 11.5. The molecule has 0 bridgehead atoms. The van der Waals surface area contributed by atoms with Gasteiger partial charge in [-0.3, -0.25) is 4.79 Å². The standard InChI is InChI=1S/C9H13ClN2O3S2/c1-2-12-6-4-17(14,15)5-7(6)16-9(12)11-8(13)3-10/h6-7H,2-5H2,1H3/t6-,7-/m1/s1. The van der Waals surface area contributed by atoms with Crippen LogP contribution < -0.4 is 0 Å². The van der Waals surface area contributed by atoms with Crippen molar-refractivity contribution in [3.05, 3.63) is 0 Å². The lowest BCUT2D eigenvalue weighted by Gasteiger charge is -2.21. The lowest BCUT2D eigenvalue weighted by atomic mass is 10.2. The van der Waals surface area contributed by atoms with Gasteiger partial charge in [-0.2, -0.15) is 4.99 Å². The van der Waals surface area contributed by atoms with Crippen LogP contribution in [-0.4, -0.2) is 59.6 Å². The first kappa shape index (κ1) is 13.2. The van der Waals surface area contributed by atoms with E-state index in [0.717, 1.165) is 0 Å². The minimum absolute atomic E-state index is 0.00169. The van der Waals surface area contributed by atoms with Crippen LogP contribution in [0.4, 0.5) is 0 Å². The number of rotatable bonds is 2. The zero-order chi connectivity index (χ0) is 12.6. The fourth-order valence-electron chi connectivity index (χ4n) is 2.14. The predicted octanol–water partition coefficient (Wildman–Crippen LogP) is 0.342. The van der Waals surface area contributed by atoms with Crippen LogP contribution in [0.15, 0.2) is 4.99 Å². The molecule has 2 fully saturated rings.